The average Bonchev–Trinajstić information content (AvgIpc) is 2.65. The topological polar surface area (TPSA) is 86.5 Å². The molecular weight excluding hydrogens is 300 g/mol. The molecule has 0 radical (unpaired) electrons. The SMILES string of the molecule is N#C/C(=C1\C=CC=CN1)c1cc(NCCc2cccnc2)ncn1. The van der Waals surface area contributed by atoms with Crippen LogP contribution in [-0.4, -0.2) is 21.5 Å². The van der Waals surface area contributed by atoms with Crippen LogP contribution in [0.25, 0.3) is 5.57 Å². The summed E-state index contributed by atoms with van der Waals surface area (Å²) < 4.78 is 0. The first-order valence-corrected chi connectivity index (χ1v) is 7.56. The number of dihydropyridines is 1. The van der Waals surface area contributed by atoms with Gasteiger partial charge < -0.3 is 10.6 Å². The normalized spacial score (nSPS) is 14.6. The first-order chi connectivity index (χ1) is 11.9. The molecule has 6 heteroatoms. The van der Waals surface area contributed by atoms with Crippen LogP contribution in [0.5, 0.6) is 0 Å². The molecule has 1 aliphatic heterocycles. The van der Waals surface area contributed by atoms with E-state index in [4.69, 9.17) is 0 Å². The van der Waals surface area contributed by atoms with E-state index in [0.717, 1.165) is 24.2 Å². The van der Waals surface area contributed by atoms with Crippen LogP contribution in [-0.2, 0) is 6.42 Å². The largest absolute Gasteiger partial charge is 0.370 e. The molecule has 6 nitrogen and oxygen atoms in total. The van der Waals surface area contributed by atoms with Gasteiger partial charge in [0.25, 0.3) is 0 Å². The number of pyridine rings is 1. The maximum atomic E-state index is 9.45. The number of nitriles is 1. The van der Waals surface area contributed by atoms with Crippen LogP contribution in [0.4, 0.5) is 5.82 Å². The fourth-order valence-corrected chi connectivity index (χ4v) is 2.28. The number of allylic oxidation sites excluding steroid dienone is 4. The Morgan fingerprint density at radius 1 is 1.29 bits per heavy atom. The van der Waals surface area contributed by atoms with Crippen molar-refractivity contribution in [2.45, 2.75) is 6.42 Å². The minimum absolute atomic E-state index is 0.480. The van der Waals surface area contributed by atoms with Gasteiger partial charge in [0, 0.05) is 31.2 Å². The third kappa shape index (κ3) is 3.84. The smallest absolute Gasteiger partial charge is 0.129 e. The minimum Gasteiger partial charge on any atom is -0.370 e. The van der Waals surface area contributed by atoms with E-state index in [1.54, 1.807) is 18.5 Å². The van der Waals surface area contributed by atoms with E-state index >= 15 is 0 Å². The summed E-state index contributed by atoms with van der Waals surface area (Å²) in [6.45, 7) is 0.724. The molecule has 0 aliphatic carbocycles. The first-order valence-electron chi connectivity index (χ1n) is 7.56. The van der Waals surface area contributed by atoms with Gasteiger partial charge >= 0.3 is 0 Å². The Morgan fingerprint density at radius 3 is 3.00 bits per heavy atom. The van der Waals surface area contributed by atoms with Gasteiger partial charge in [-0.3, -0.25) is 4.98 Å². The van der Waals surface area contributed by atoms with E-state index < -0.39 is 0 Å². The van der Waals surface area contributed by atoms with E-state index in [0.29, 0.717) is 17.1 Å². The highest BCUT2D eigenvalue weighted by Gasteiger charge is 2.10. The van der Waals surface area contributed by atoms with Crippen molar-refractivity contribution >= 4 is 11.4 Å². The third-order valence-corrected chi connectivity index (χ3v) is 3.46. The Morgan fingerprint density at radius 2 is 2.25 bits per heavy atom. The van der Waals surface area contributed by atoms with Crippen molar-refractivity contribution in [2.75, 3.05) is 11.9 Å². The molecule has 3 heterocycles. The predicted octanol–water partition coefficient (Wildman–Crippen LogP) is 2.43. The van der Waals surface area contributed by atoms with Crippen LogP contribution >= 0.6 is 0 Å². The predicted molar refractivity (Wildman–Crippen MR) is 92.4 cm³/mol. The highest BCUT2D eigenvalue weighted by atomic mass is 15.0. The Bertz CT molecular complexity index is 830. The summed E-state index contributed by atoms with van der Waals surface area (Å²) in [6, 6.07) is 7.94. The van der Waals surface area contributed by atoms with Crippen molar-refractivity contribution in [1.29, 1.82) is 5.26 Å². The molecule has 24 heavy (non-hydrogen) atoms. The van der Waals surface area contributed by atoms with E-state index in [2.05, 4.69) is 31.7 Å². The molecule has 0 saturated carbocycles. The number of rotatable bonds is 5. The van der Waals surface area contributed by atoms with E-state index in [1.165, 1.54) is 6.33 Å². The number of hydrogen-bond acceptors (Lipinski definition) is 6. The lowest BCUT2D eigenvalue weighted by atomic mass is 10.1. The molecule has 2 aromatic rings. The van der Waals surface area contributed by atoms with Gasteiger partial charge in [-0.05, 0) is 30.2 Å². The van der Waals surface area contributed by atoms with Gasteiger partial charge in [0.05, 0.1) is 11.4 Å². The van der Waals surface area contributed by atoms with Crippen LogP contribution < -0.4 is 10.6 Å². The number of aromatic nitrogens is 3. The molecule has 0 aromatic carbocycles. The van der Waals surface area contributed by atoms with Crippen LogP contribution in [0, 0.1) is 11.3 Å². The highest BCUT2D eigenvalue weighted by molar-refractivity contribution is 5.80. The molecule has 0 bridgehead atoms. The quantitative estimate of drug-likeness (QED) is 0.824. The Kier molecular flexibility index (Phi) is 4.95. The van der Waals surface area contributed by atoms with Gasteiger partial charge in [-0.1, -0.05) is 12.1 Å². The number of nitrogens with zero attached hydrogens (tertiary/aromatic N) is 4. The average molecular weight is 316 g/mol. The van der Waals surface area contributed by atoms with Gasteiger partial charge in [-0.25, -0.2) is 9.97 Å². The molecule has 1 aliphatic rings. The van der Waals surface area contributed by atoms with E-state index in [1.807, 2.05) is 36.6 Å². The lowest BCUT2D eigenvalue weighted by Crippen LogP contribution is -2.10. The van der Waals surface area contributed by atoms with Crippen LogP contribution in [0.2, 0.25) is 0 Å². The summed E-state index contributed by atoms with van der Waals surface area (Å²) in [4.78, 5) is 12.5. The van der Waals surface area contributed by atoms with E-state index in [9.17, 15) is 5.26 Å². The van der Waals surface area contributed by atoms with Gasteiger partial charge in [-0.2, -0.15) is 5.26 Å². The van der Waals surface area contributed by atoms with Gasteiger partial charge in [0.2, 0.25) is 0 Å². The maximum Gasteiger partial charge on any atom is 0.129 e. The molecule has 0 amide bonds. The van der Waals surface area contributed by atoms with Crippen LogP contribution in [0.1, 0.15) is 11.3 Å². The fourth-order valence-electron chi connectivity index (χ4n) is 2.28. The molecule has 0 saturated heterocycles. The second-order valence-corrected chi connectivity index (χ2v) is 5.09. The van der Waals surface area contributed by atoms with Crippen molar-refractivity contribution in [3.8, 4) is 6.07 Å². The highest BCUT2D eigenvalue weighted by Crippen LogP contribution is 2.18. The van der Waals surface area contributed by atoms with Crippen molar-refractivity contribution < 1.29 is 0 Å². The molecule has 0 spiro atoms. The molecule has 0 unspecified atom stereocenters. The summed E-state index contributed by atoms with van der Waals surface area (Å²) in [5.41, 5.74) is 2.94. The van der Waals surface area contributed by atoms with Gasteiger partial charge in [0.1, 0.15) is 23.8 Å². The Labute approximate surface area is 140 Å². The summed E-state index contributed by atoms with van der Waals surface area (Å²) in [5, 5.41) is 15.8. The number of nitrogens with one attached hydrogen (secondary N) is 2. The summed E-state index contributed by atoms with van der Waals surface area (Å²) in [7, 11) is 0. The third-order valence-electron chi connectivity index (χ3n) is 3.46. The standard InChI is InChI=1S/C18H16N6/c19-11-15(16-5-1-2-8-21-16)17-10-18(24-13-23-17)22-9-6-14-4-3-7-20-12-14/h1-5,7-8,10,12-13,21H,6,9H2,(H,22,23,24)/b16-15-. The van der Waals surface area contributed by atoms with Gasteiger partial charge in [-0.15, -0.1) is 0 Å². The van der Waals surface area contributed by atoms with Crippen molar-refractivity contribution in [3.05, 3.63) is 78.3 Å². The molecule has 3 rings (SSSR count). The summed E-state index contributed by atoms with van der Waals surface area (Å²) in [5.74, 6) is 0.688. The zero-order valence-corrected chi connectivity index (χ0v) is 13.0. The number of anilines is 1. The molecule has 0 fully saturated rings. The summed E-state index contributed by atoms with van der Waals surface area (Å²) >= 11 is 0. The van der Waals surface area contributed by atoms with Crippen LogP contribution in [0.15, 0.2) is 67.0 Å². The molecule has 0 atom stereocenters. The first kappa shape index (κ1) is 15.4. The molecule has 118 valence electrons. The second kappa shape index (κ2) is 7.70. The van der Waals surface area contributed by atoms with Gasteiger partial charge in [0.15, 0.2) is 0 Å². The lowest BCUT2D eigenvalue weighted by Gasteiger charge is -2.10. The van der Waals surface area contributed by atoms with Crippen LogP contribution in [0.3, 0.4) is 0 Å². The summed E-state index contributed by atoms with van der Waals surface area (Å²) in [6.07, 6.45) is 13.3. The zero-order valence-electron chi connectivity index (χ0n) is 13.0. The van der Waals surface area contributed by atoms with Crippen molar-refractivity contribution in [3.63, 3.8) is 0 Å². The molecule has 2 aromatic heterocycles. The van der Waals surface area contributed by atoms with Crippen molar-refractivity contribution in [1.82, 2.24) is 20.3 Å². The van der Waals surface area contributed by atoms with E-state index in [-0.39, 0.29) is 0 Å². The van der Waals surface area contributed by atoms with Crippen molar-refractivity contribution in [2.24, 2.45) is 0 Å². The molecular formula is C18H16N6. The monoisotopic (exact) mass is 316 g/mol. The lowest BCUT2D eigenvalue weighted by molar-refractivity contribution is 0.986. The molecule has 2 N–H and O–H groups in total. The minimum atomic E-state index is 0.480. The number of hydrogen-bond donors (Lipinski definition) is 2. The zero-order chi connectivity index (χ0) is 16.6. The second-order valence-electron chi connectivity index (χ2n) is 5.09. The Balaban J connectivity index is 1.71. The fraction of sp³-hybridized carbons (Fsp3) is 0.111. The Hall–Kier alpha value is -3.46. The maximum absolute atomic E-state index is 9.45.